The van der Waals surface area contributed by atoms with Crippen LogP contribution in [-0.2, 0) is 27.9 Å². The van der Waals surface area contributed by atoms with Crippen LogP contribution in [0.4, 0.5) is 0 Å². The summed E-state index contributed by atoms with van der Waals surface area (Å²) in [6.45, 7) is 5.48. The minimum absolute atomic E-state index is 0.0812. The number of unbranched alkanes of at least 4 members (excludes halogenated alkanes) is 21. The molecule has 0 bridgehead atoms. The van der Waals surface area contributed by atoms with Gasteiger partial charge in [0.2, 0.25) is 0 Å². The Labute approximate surface area is 389 Å². The van der Waals surface area contributed by atoms with E-state index in [-0.39, 0.29) is 25.8 Å². The zero-order valence-corrected chi connectivity index (χ0v) is 42.4. The van der Waals surface area contributed by atoms with E-state index in [4.69, 9.17) is 18.5 Å². The van der Waals surface area contributed by atoms with Crippen molar-refractivity contribution in [2.24, 2.45) is 0 Å². The van der Waals surface area contributed by atoms with Crippen molar-refractivity contribution < 1.29 is 37.3 Å². The Bertz CT molecular complexity index is 1230. The molecule has 1 N–H and O–H groups in total. The van der Waals surface area contributed by atoms with Crippen molar-refractivity contribution in [3.05, 3.63) is 72.9 Å². The second kappa shape index (κ2) is 46.5. The summed E-state index contributed by atoms with van der Waals surface area (Å²) in [6.07, 6.45) is 60.9. The monoisotopic (exact) mass is 905 g/mol. The van der Waals surface area contributed by atoms with Crippen molar-refractivity contribution in [3.63, 3.8) is 0 Å². The SMILES string of the molecule is CC/C=C\C/C=C\C/C=C\C/C=C\C/C=C\CCCCCCCC(=O)OC(COCCCCCCCCCCCC/C=C\CCCCCCCC)COP(=O)(O)OCC[N+](C)(C)C. The molecule has 0 saturated carbocycles. The molecule has 2 unspecified atom stereocenters. The van der Waals surface area contributed by atoms with Crippen LogP contribution in [-0.4, -0.2) is 75.6 Å². The lowest BCUT2D eigenvalue weighted by atomic mass is 10.1. The molecule has 0 fully saturated rings. The normalized spacial score (nSPS) is 14.2. The molecule has 0 amide bonds. The van der Waals surface area contributed by atoms with Crippen LogP contribution in [0.2, 0.25) is 0 Å². The van der Waals surface area contributed by atoms with E-state index in [1.165, 1.54) is 103 Å². The summed E-state index contributed by atoms with van der Waals surface area (Å²) >= 11 is 0. The number of allylic oxidation sites excluding steroid dienone is 12. The van der Waals surface area contributed by atoms with E-state index in [2.05, 4.69) is 86.8 Å². The number of rotatable bonds is 47. The summed E-state index contributed by atoms with van der Waals surface area (Å²) in [5, 5.41) is 0. The van der Waals surface area contributed by atoms with E-state index in [9.17, 15) is 14.3 Å². The number of ether oxygens (including phenoxy) is 2. The molecule has 8 nitrogen and oxygen atoms in total. The highest BCUT2D eigenvalue weighted by Gasteiger charge is 2.26. The first-order valence-corrected chi connectivity index (χ1v) is 27.2. The molecule has 0 aliphatic carbocycles. The summed E-state index contributed by atoms with van der Waals surface area (Å²) in [5.41, 5.74) is 0. The molecule has 0 saturated heterocycles. The van der Waals surface area contributed by atoms with Crippen LogP contribution in [0.1, 0.15) is 206 Å². The Morgan fingerprint density at radius 2 is 0.921 bits per heavy atom. The van der Waals surface area contributed by atoms with Gasteiger partial charge in [0, 0.05) is 13.0 Å². The summed E-state index contributed by atoms with van der Waals surface area (Å²) < 4.78 is 35.1. The van der Waals surface area contributed by atoms with E-state index < -0.39 is 13.9 Å². The number of phosphoric ester groups is 1. The number of quaternary nitrogens is 1. The number of hydrogen-bond donors (Lipinski definition) is 1. The molecule has 0 rings (SSSR count). The van der Waals surface area contributed by atoms with Crippen molar-refractivity contribution in [1.29, 1.82) is 0 Å². The Balaban J connectivity index is 4.20. The van der Waals surface area contributed by atoms with Crippen LogP contribution in [0, 0.1) is 0 Å². The van der Waals surface area contributed by atoms with Crippen molar-refractivity contribution in [2.45, 2.75) is 213 Å². The van der Waals surface area contributed by atoms with Crippen LogP contribution in [0.3, 0.4) is 0 Å². The third-order valence-corrected chi connectivity index (χ3v) is 11.7. The predicted octanol–water partition coefficient (Wildman–Crippen LogP) is 15.8. The van der Waals surface area contributed by atoms with Crippen LogP contribution < -0.4 is 0 Å². The third kappa shape index (κ3) is 50.8. The van der Waals surface area contributed by atoms with Gasteiger partial charge in [0.05, 0.1) is 34.4 Å². The summed E-state index contributed by atoms with van der Waals surface area (Å²) in [5.74, 6) is -0.333. The molecule has 0 aromatic carbocycles. The minimum atomic E-state index is -4.29. The maximum absolute atomic E-state index is 12.8. The second-order valence-corrected chi connectivity index (χ2v) is 19.6. The maximum Gasteiger partial charge on any atom is 0.472 e. The lowest BCUT2D eigenvalue weighted by Gasteiger charge is -2.24. The fraction of sp³-hybridized carbons (Fsp3) is 0.759. The number of carbonyl (C=O) groups is 1. The molecule has 2 atom stereocenters. The van der Waals surface area contributed by atoms with Crippen molar-refractivity contribution in [3.8, 4) is 0 Å². The highest BCUT2D eigenvalue weighted by Crippen LogP contribution is 2.43. The first kappa shape index (κ1) is 60.9. The van der Waals surface area contributed by atoms with Crippen LogP contribution in [0.25, 0.3) is 0 Å². The molecule has 63 heavy (non-hydrogen) atoms. The predicted molar refractivity (Wildman–Crippen MR) is 270 cm³/mol. The van der Waals surface area contributed by atoms with Crippen LogP contribution in [0.15, 0.2) is 72.9 Å². The Hall–Kier alpha value is -2.06. The molecule has 0 radical (unpaired) electrons. The van der Waals surface area contributed by atoms with Crippen molar-refractivity contribution in [2.75, 3.05) is 54.1 Å². The van der Waals surface area contributed by atoms with Gasteiger partial charge in [-0.25, -0.2) is 4.57 Å². The molecule has 0 aromatic heterocycles. The quantitative estimate of drug-likeness (QED) is 0.0214. The molecule has 0 aliphatic rings. The van der Waals surface area contributed by atoms with Gasteiger partial charge in [0.25, 0.3) is 0 Å². The smallest absolute Gasteiger partial charge is 0.457 e. The van der Waals surface area contributed by atoms with Crippen molar-refractivity contribution in [1.82, 2.24) is 0 Å². The van der Waals surface area contributed by atoms with Crippen LogP contribution >= 0.6 is 7.82 Å². The van der Waals surface area contributed by atoms with E-state index in [1.807, 2.05) is 21.1 Å². The van der Waals surface area contributed by atoms with Gasteiger partial charge in [-0.05, 0) is 83.5 Å². The number of esters is 1. The van der Waals surface area contributed by atoms with Gasteiger partial charge in [-0.15, -0.1) is 0 Å². The summed E-state index contributed by atoms with van der Waals surface area (Å²) in [4.78, 5) is 23.0. The summed E-state index contributed by atoms with van der Waals surface area (Å²) in [6, 6.07) is 0. The van der Waals surface area contributed by atoms with Gasteiger partial charge in [-0.1, -0.05) is 189 Å². The highest BCUT2D eigenvalue weighted by molar-refractivity contribution is 7.47. The standard InChI is InChI=1S/C54H98NO7P/c1-6-8-10-12-14-16-18-20-22-24-26-28-29-31-33-35-37-39-41-43-45-47-54(56)62-53(52-61-63(57,58)60-50-48-55(3,4)5)51-59-49-46-44-42-40-38-36-34-32-30-27-25-23-21-19-17-15-13-11-9-7-2/h8,10,14,16,20-23,26,28,31,33,53H,6-7,9,11-13,15,17-19,24-25,27,29-30,32,34-52H2,1-5H3/p+1/b10-8-,16-14-,22-20-,23-21-,28-26-,33-31-. The van der Waals surface area contributed by atoms with Gasteiger partial charge in [0.15, 0.2) is 0 Å². The van der Waals surface area contributed by atoms with Gasteiger partial charge in [0.1, 0.15) is 19.3 Å². The van der Waals surface area contributed by atoms with E-state index in [0.717, 1.165) is 83.5 Å². The zero-order chi connectivity index (χ0) is 46.2. The Kier molecular flexibility index (Phi) is 44.9. The maximum atomic E-state index is 12.8. The molecule has 0 spiro atoms. The first-order chi connectivity index (χ1) is 30.6. The van der Waals surface area contributed by atoms with Gasteiger partial charge in [-0.3, -0.25) is 13.8 Å². The number of phosphoric acid groups is 1. The van der Waals surface area contributed by atoms with Crippen molar-refractivity contribution >= 4 is 13.8 Å². The van der Waals surface area contributed by atoms with E-state index in [1.54, 1.807) is 0 Å². The average molecular weight is 905 g/mol. The van der Waals surface area contributed by atoms with Gasteiger partial charge < -0.3 is 18.9 Å². The third-order valence-electron chi connectivity index (χ3n) is 10.8. The molecule has 0 aromatic rings. The Morgan fingerprint density at radius 3 is 1.40 bits per heavy atom. The average Bonchev–Trinajstić information content (AvgIpc) is 3.24. The minimum Gasteiger partial charge on any atom is -0.457 e. The fourth-order valence-corrected chi connectivity index (χ4v) is 7.55. The molecular formula is C54H99NO7P+. The number of likely N-dealkylation sites (N-methyl/N-ethyl adjacent to an activating group) is 1. The second-order valence-electron chi connectivity index (χ2n) is 18.2. The molecule has 9 heteroatoms. The summed E-state index contributed by atoms with van der Waals surface area (Å²) in [7, 11) is 1.65. The Morgan fingerprint density at radius 1 is 0.508 bits per heavy atom. The largest absolute Gasteiger partial charge is 0.472 e. The lowest BCUT2D eigenvalue weighted by Crippen LogP contribution is -2.37. The van der Waals surface area contributed by atoms with E-state index in [0.29, 0.717) is 24.1 Å². The van der Waals surface area contributed by atoms with E-state index >= 15 is 0 Å². The van der Waals surface area contributed by atoms with Gasteiger partial charge >= 0.3 is 13.8 Å². The number of carbonyl (C=O) groups excluding carboxylic acids is 1. The molecule has 366 valence electrons. The highest BCUT2D eigenvalue weighted by atomic mass is 31.2. The molecule has 0 heterocycles. The van der Waals surface area contributed by atoms with Crippen LogP contribution in [0.5, 0.6) is 0 Å². The fourth-order valence-electron chi connectivity index (χ4n) is 6.81. The van der Waals surface area contributed by atoms with Gasteiger partial charge in [-0.2, -0.15) is 0 Å². The molecule has 0 aliphatic heterocycles. The molecular weight excluding hydrogens is 806 g/mol. The number of nitrogens with zero attached hydrogens (tertiary/aromatic N) is 1. The lowest BCUT2D eigenvalue weighted by molar-refractivity contribution is -0.870. The zero-order valence-electron chi connectivity index (χ0n) is 41.5. The topological polar surface area (TPSA) is 91.3 Å². The number of hydrogen-bond acceptors (Lipinski definition) is 6. The first-order valence-electron chi connectivity index (χ1n) is 25.7.